The van der Waals surface area contributed by atoms with Crippen molar-refractivity contribution in [3.8, 4) is 0 Å². The van der Waals surface area contributed by atoms with Crippen LogP contribution in [-0.4, -0.2) is 18.9 Å². The molecule has 2 aliphatic rings. The van der Waals surface area contributed by atoms with Gasteiger partial charge in [-0.15, -0.1) is 0 Å². The number of aldehydes is 1. The molecule has 1 saturated carbocycles. The van der Waals surface area contributed by atoms with E-state index in [1.54, 1.807) is 6.07 Å². The third-order valence-electron chi connectivity index (χ3n) is 3.78. The number of anilines is 1. The topological polar surface area (TPSA) is 20.3 Å². The van der Waals surface area contributed by atoms with Gasteiger partial charge in [0.2, 0.25) is 0 Å². The van der Waals surface area contributed by atoms with Crippen LogP contribution in [0.4, 0.5) is 10.1 Å². The standard InChI is InChI=1S/C13H14FNO/c14-11-3-10(8-16)5-13(6-11)15-7-9-1-2-12(15)4-9/h3,5-6,8-9,12H,1-2,4,7H2. The van der Waals surface area contributed by atoms with Crippen LogP contribution in [-0.2, 0) is 0 Å². The predicted octanol–water partition coefficient (Wildman–Crippen LogP) is 2.63. The molecule has 2 atom stereocenters. The first kappa shape index (κ1) is 9.82. The van der Waals surface area contributed by atoms with Crippen LogP contribution in [0.2, 0.25) is 0 Å². The molecule has 2 unspecified atom stereocenters. The maximum atomic E-state index is 13.3. The monoisotopic (exact) mass is 219 g/mol. The Labute approximate surface area is 94.1 Å². The van der Waals surface area contributed by atoms with Crippen LogP contribution < -0.4 is 4.90 Å². The fourth-order valence-electron chi connectivity index (χ4n) is 3.07. The minimum Gasteiger partial charge on any atom is -0.368 e. The molecule has 3 rings (SSSR count). The molecule has 2 fully saturated rings. The number of hydrogen-bond acceptors (Lipinski definition) is 2. The van der Waals surface area contributed by atoms with Crippen LogP contribution in [0.3, 0.4) is 0 Å². The van der Waals surface area contributed by atoms with E-state index >= 15 is 0 Å². The second-order valence-electron chi connectivity index (χ2n) is 4.85. The number of halogens is 1. The smallest absolute Gasteiger partial charge is 0.150 e. The number of carbonyl (C=O) groups excluding carboxylic acids is 1. The van der Waals surface area contributed by atoms with Crippen LogP contribution in [0.25, 0.3) is 0 Å². The average Bonchev–Trinajstić information content (AvgIpc) is 2.89. The molecule has 0 aromatic heterocycles. The van der Waals surface area contributed by atoms with E-state index in [1.165, 1.54) is 31.4 Å². The number of benzene rings is 1. The van der Waals surface area contributed by atoms with Gasteiger partial charge in [-0.3, -0.25) is 4.79 Å². The predicted molar refractivity (Wildman–Crippen MR) is 60.3 cm³/mol. The first-order valence-corrected chi connectivity index (χ1v) is 5.78. The fourth-order valence-corrected chi connectivity index (χ4v) is 3.07. The molecule has 3 heteroatoms. The zero-order chi connectivity index (χ0) is 11.1. The minimum atomic E-state index is -0.317. The van der Waals surface area contributed by atoms with E-state index in [2.05, 4.69) is 4.90 Å². The molecule has 84 valence electrons. The van der Waals surface area contributed by atoms with Gasteiger partial charge in [0.05, 0.1) is 0 Å². The summed E-state index contributed by atoms with van der Waals surface area (Å²) in [6.07, 6.45) is 4.45. The zero-order valence-corrected chi connectivity index (χ0v) is 9.03. The largest absolute Gasteiger partial charge is 0.368 e. The molecule has 1 aromatic carbocycles. The Balaban J connectivity index is 1.94. The van der Waals surface area contributed by atoms with Crippen LogP contribution in [0.1, 0.15) is 29.6 Å². The van der Waals surface area contributed by atoms with Crippen molar-refractivity contribution >= 4 is 12.0 Å². The first-order valence-electron chi connectivity index (χ1n) is 5.78. The normalized spacial score (nSPS) is 27.4. The summed E-state index contributed by atoms with van der Waals surface area (Å²) >= 11 is 0. The summed E-state index contributed by atoms with van der Waals surface area (Å²) in [6, 6.07) is 5.17. The van der Waals surface area contributed by atoms with Gasteiger partial charge in [0, 0.05) is 23.8 Å². The third-order valence-corrected chi connectivity index (χ3v) is 3.78. The van der Waals surface area contributed by atoms with E-state index < -0.39 is 0 Å². The number of nitrogens with zero attached hydrogens (tertiary/aromatic N) is 1. The molecule has 0 amide bonds. The highest BCUT2D eigenvalue weighted by Crippen LogP contribution is 2.40. The number of hydrogen-bond donors (Lipinski definition) is 0. The molecule has 1 aromatic rings. The van der Waals surface area contributed by atoms with Crippen molar-refractivity contribution in [1.29, 1.82) is 0 Å². The van der Waals surface area contributed by atoms with Crippen LogP contribution in [0.5, 0.6) is 0 Å². The van der Waals surface area contributed by atoms with Gasteiger partial charge in [-0.05, 0) is 43.4 Å². The quantitative estimate of drug-likeness (QED) is 0.713. The lowest BCUT2D eigenvalue weighted by Crippen LogP contribution is -2.31. The van der Waals surface area contributed by atoms with Gasteiger partial charge >= 0.3 is 0 Å². The van der Waals surface area contributed by atoms with E-state index in [-0.39, 0.29) is 5.82 Å². The van der Waals surface area contributed by atoms with Crippen molar-refractivity contribution in [2.45, 2.75) is 25.3 Å². The summed E-state index contributed by atoms with van der Waals surface area (Å²) in [5.74, 6) is 0.454. The Morgan fingerprint density at radius 2 is 2.19 bits per heavy atom. The van der Waals surface area contributed by atoms with Crippen LogP contribution >= 0.6 is 0 Å². The second-order valence-corrected chi connectivity index (χ2v) is 4.85. The van der Waals surface area contributed by atoms with Crippen molar-refractivity contribution in [3.05, 3.63) is 29.6 Å². The Morgan fingerprint density at radius 3 is 2.81 bits per heavy atom. The van der Waals surface area contributed by atoms with Crippen molar-refractivity contribution < 1.29 is 9.18 Å². The molecular weight excluding hydrogens is 205 g/mol. The minimum absolute atomic E-state index is 0.317. The molecule has 0 radical (unpaired) electrons. The van der Waals surface area contributed by atoms with E-state index in [1.807, 2.05) is 0 Å². The van der Waals surface area contributed by atoms with E-state index in [0.29, 0.717) is 17.9 Å². The highest BCUT2D eigenvalue weighted by atomic mass is 19.1. The number of carbonyl (C=O) groups is 1. The molecule has 1 aliphatic heterocycles. The maximum Gasteiger partial charge on any atom is 0.150 e. The first-order chi connectivity index (χ1) is 7.76. The van der Waals surface area contributed by atoms with Gasteiger partial charge in [0.25, 0.3) is 0 Å². The summed E-state index contributed by atoms with van der Waals surface area (Å²) in [5.41, 5.74) is 1.30. The fraction of sp³-hybridized carbons (Fsp3) is 0.462. The summed E-state index contributed by atoms with van der Waals surface area (Å²) in [7, 11) is 0. The Morgan fingerprint density at radius 1 is 1.31 bits per heavy atom. The number of fused-ring (bicyclic) bond motifs is 2. The summed E-state index contributed by atoms with van der Waals surface area (Å²) in [6.45, 7) is 1.02. The third kappa shape index (κ3) is 1.51. The van der Waals surface area contributed by atoms with E-state index in [0.717, 1.165) is 18.2 Å². The van der Waals surface area contributed by atoms with E-state index in [4.69, 9.17) is 0 Å². The van der Waals surface area contributed by atoms with Crippen molar-refractivity contribution in [1.82, 2.24) is 0 Å². The van der Waals surface area contributed by atoms with Gasteiger partial charge in [0.15, 0.2) is 0 Å². The number of rotatable bonds is 2. The molecular formula is C13H14FNO. The van der Waals surface area contributed by atoms with Gasteiger partial charge in [-0.2, -0.15) is 0 Å². The molecule has 1 aliphatic carbocycles. The summed E-state index contributed by atoms with van der Waals surface area (Å²) in [4.78, 5) is 13.0. The molecule has 0 spiro atoms. The molecule has 2 nitrogen and oxygen atoms in total. The lowest BCUT2D eigenvalue weighted by molar-refractivity contribution is 0.112. The van der Waals surface area contributed by atoms with Crippen molar-refractivity contribution in [2.75, 3.05) is 11.4 Å². The van der Waals surface area contributed by atoms with Crippen LogP contribution in [0.15, 0.2) is 18.2 Å². The molecule has 16 heavy (non-hydrogen) atoms. The molecule has 1 heterocycles. The van der Waals surface area contributed by atoms with E-state index in [9.17, 15) is 9.18 Å². The molecule has 0 N–H and O–H groups in total. The van der Waals surface area contributed by atoms with Crippen molar-refractivity contribution in [2.24, 2.45) is 5.92 Å². The summed E-state index contributed by atoms with van der Waals surface area (Å²) < 4.78 is 13.3. The SMILES string of the molecule is O=Cc1cc(F)cc(N2CC3CCC2C3)c1. The van der Waals surface area contributed by atoms with Gasteiger partial charge in [-0.25, -0.2) is 4.39 Å². The Kier molecular flexibility index (Phi) is 2.20. The van der Waals surface area contributed by atoms with Gasteiger partial charge < -0.3 is 4.90 Å². The Bertz CT molecular complexity index is 432. The summed E-state index contributed by atoms with van der Waals surface area (Å²) in [5, 5.41) is 0. The molecule has 1 saturated heterocycles. The van der Waals surface area contributed by atoms with Crippen molar-refractivity contribution in [3.63, 3.8) is 0 Å². The average molecular weight is 219 g/mol. The van der Waals surface area contributed by atoms with Gasteiger partial charge in [-0.1, -0.05) is 0 Å². The highest BCUT2D eigenvalue weighted by molar-refractivity contribution is 5.77. The van der Waals surface area contributed by atoms with Gasteiger partial charge in [0.1, 0.15) is 12.1 Å². The number of piperidine rings is 1. The molecule has 2 bridgehead atoms. The Hall–Kier alpha value is -1.38. The maximum absolute atomic E-state index is 13.3. The zero-order valence-electron chi connectivity index (χ0n) is 9.03. The second kappa shape index (κ2) is 3.58. The lowest BCUT2D eigenvalue weighted by atomic mass is 10.1. The highest BCUT2D eigenvalue weighted by Gasteiger charge is 2.37. The lowest BCUT2D eigenvalue weighted by Gasteiger charge is -2.29. The van der Waals surface area contributed by atoms with Crippen LogP contribution in [0, 0.1) is 11.7 Å².